The van der Waals surface area contributed by atoms with E-state index in [1.165, 1.54) is 38.0 Å². The maximum Gasteiger partial charge on any atom is 0.223 e. The predicted molar refractivity (Wildman–Crippen MR) is 125 cm³/mol. The summed E-state index contributed by atoms with van der Waals surface area (Å²) in [5, 5.41) is 6.60. The molecule has 0 aliphatic carbocycles. The number of carbonyl (C=O) groups is 1. The molecular formula is C22H38Cl2N4O. The van der Waals surface area contributed by atoms with Gasteiger partial charge in [0.15, 0.2) is 0 Å². The third-order valence-corrected chi connectivity index (χ3v) is 6.02. The number of likely N-dealkylation sites (N-methyl/N-ethyl adjacent to an activating group) is 1. The Morgan fingerprint density at radius 1 is 1.10 bits per heavy atom. The van der Waals surface area contributed by atoms with Crippen LogP contribution in [-0.4, -0.2) is 68.6 Å². The van der Waals surface area contributed by atoms with Crippen molar-refractivity contribution < 1.29 is 4.79 Å². The molecule has 0 saturated carbocycles. The summed E-state index contributed by atoms with van der Waals surface area (Å²) in [6, 6.07) is 10.5. The largest absolute Gasteiger partial charge is 0.355 e. The van der Waals surface area contributed by atoms with E-state index < -0.39 is 0 Å². The molecule has 2 aliphatic rings. The Bertz CT molecular complexity index is 561. The van der Waals surface area contributed by atoms with Crippen molar-refractivity contribution in [2.24, 2.45) is 11.8 Å². The number of piperidine rings is 2. The first-order valence-electron chi connectivity index (χ1n) is 10.6. The van der Waals surface area contributed by atoms with Gasteiger partial charge in [0, 0.05) is 32.1 Å². The van der Waals surface area contributed by atoms with E-state index >= 15 is 0 Å². The highest BCUT2D eigenvalue weighted by Gasteiger charge is 2.26. The minimum atomic E-state index is 0. The van der Waals surface area contributed by atoms with Crippen molar-refractivity contribution in [1.29, 1.82) is 0 Å². The molecule has 7 heteroatoms. The number of likely N-dealkylation sites (tertiary alicyclic amines) is 1. The van der Waals surface area contributed by atoms with E-state index in [2.05, 4.69) is 51.7 Å². The zero-order chi connectivity index (χ0) is 18.9. The molecule has 2 heterocycles. The molecule has 29 heavy (non-hydrogen) atoms. The fourth-order valence-electron chi connectivity index (χ4n) is 4.30. The van der Waals surface area contributed by atoms with Gasteiger partial charge in [-0.1, -0.05) is 30.3 Å². The molecule has 0 atom stereocenters. The van der Waals surface area contributed by atoms with E-state index in [1.54, 1.807) is 0 Å². The lowest BCUT2D eigenvalue weighted by atomic mass is 9.93. The van der Waals surface area contributed by atoms with E-state index in [1.807, 2.05) is 6.07 Å². The van der Waals surface area contributed by atoms with E-state index in [9.17, 15) is 4.79 Å². The summed E-state index contributed by atoms with van der Waals surface area (Å²) in [7, 11) is 2.11. The van der Waals surface area contributed by atoms with Crippen molar-refractivity contribution in [3.8, 4) is 0 Å². The molecule has 2 aliphatic heterocycles. The second kappa shape index (κ2) is 14.2. The van der Waals surface area contributed by atoms with Crippen LogP contribution < -0.4 is 10.6 Å². The summed E-state index contributed by atoms with van der Waals surface area (Å²) in [5.41, 5.74) is 1.31. The summed E-state index contributed by atoms with van der Waals surface area (Å²) >= 11 is 0. The van der Waals surface area contributed by atoms with Crippen molar-refractivity contribution in [1.82, 2.24) is 20.4 Å². The topological polar surface area (TPSA) is 47.6 Å². The van der Waals surface area contributed by atoms with Gasteiger partial charge in [0.2, 0.25) is 5.91 Å². The Hall–Kier alpha value is -0.850. The molecule has 0 unspecified atom stereocenters. The molecule has 1 aromatic carbocycles. The van der Waals surface area contributed by atoms with Crippen LogP contribution >= 0.6 is 24.8 Å². The van der Waals surface area contributed by atoms with Gasteiger partial charge in [-0.15, -0.1) is 24.8 Å². The lowest BCUT2D eigenvalue weighted by Crippen LogP contribution is -2.44. The van der Waals surface area contributed by atoms with E-state index in [-0.39, 0.29) is 36.6 Å². The number of nitrogens with one attached hydrogen (secondary N) is 2. The molecule has 2 saturated heterocycles. The number of nitrogens with zero attached hydrogens (tertiary/aromatic N) is 2. The molecule has 0 aromatic heterocycles. The maximum absolute atomic E-state index is 12.5. The van der Waals surface area contributed by atoms with Gasteiger partial charge >= 0.3 is 0 Å². The zero-order valence-corrected chi connectivity index (χ0v) is 19.3. The van der Waals surface area contributed by atoms with Crippen LogP contribution in [0.5, 0.6) is 0 Å². The maximum atomic E-state index is 12.5. The lowest BCUT2D eigenvalue weighted by molar-refractivity contribution is -0.126. The average molecular weight is 445 g/mol. The highest BCUT2D eigenvalue weighted by atomic mass is 35.5. The number of halogens is 2. The van der Waals surface area contributed by atoms with Crippen molar-refractivity contribution in [2.45, 2.75) is 32.2 Å². The van der Waals surface area contributed by atoms with Crippen LogP contribution in [0.2, 0.25) is 0 Å². The molecule has 1 amide bonds. The number of hydrogen-bond donors (Lipinski definition) is 2. The smallest absolute Gasteiger partial charge is 0.223 e. The first-order chi connectivity index (χ1) is 13.2. The van der Waals surface area contributed by atoms with Gasteiger partial charge in [-0.25, -0.2) is 0 Å². The molecule has 0 radical (unpaired) electrons. The number of hydrogen-bond acceptors (Lipinski definition) is 4. The molecular weight excluding hydrogens is 407 g/mol. The van der Waals surface area contributed by atoms with Crippen molar-refractivity contribution in [3.05, 3.63) is 35.9 Å². The fraction of sp³-hybridized carbons (Fsp3) is 0.682. The Balaban J connectivity index is 0.00000210. The molecule has 5 nitrogen and oxygen atoms in total. The van der Waals surface area contributed by atoms with Gasteiger partial charge in [0.25, 0.3) is 0 Å². The normalized spacial score (nSPS) is 18.7. The Kier molecular flexibility index (Phi) is 12.8. The van der Waals surface area contributed by atoms with Gasteiger partial charge in [-0.05, 0) is 70.4 Å². The average Bonchev–Trinajstić information content (AvgIpc) is 2.70. The molecule has 2 N–H and O–H groups in total. The summed E-state index contributed by atoms with van der Waals surface area (Å²) in [4.78, 5) is 17.3. The number of carbonyl (C=O) groups excluding carboxylic acids is 1. The number of rotatable bonds is 8. The minimum absolute atomic E-state index is 0. The number of amides is 1. The van der Waals surface area contributed by atoms with Gasteiger partial charge in [-0.2, -0.15) is 0 Å². The third-order valence-electron chi connectivity index (χ3n) is 6.02. The van der Waals surface area contributed by atoms with Crippen molar-refractivity contribution in [2.75, 3.05) is 52.9 Å². The quantitative estimate of drug-likeness (QED) is 0.646. The van der Waals surface area contributed by atoms with Crippen molar-refractivity contribution in [3.63, 3.8) is 0 Å². The van der Waals surface area contributed by atoms with E-state index in [0.29, 0.717) is 0 Å². The van der Waals surface area contributed by atoms with Crippen LogP contribution in [0.15, 0.2) is 30.3 Å². The van der Waals surface area contributed by atoms with Gasteiger partial charge in [0.05, 0.1) is 0 Å². The van der Waals surface area contributed by atoms with Crippen LogP contribution in [0, 0.1) is 11.8 Å². The lowest BCUT2D eigenvalue weighted by Gasteiger charge is -2.35. The van der Waals surface area contributed by atoms with E-state index in [0.717, 1.165) is 51.5 Å². The predicted octanol–water partition coefficient (Wildman–Crippen LogP) is 2.79. The molecule has 166 valence electrons. The van der Waals surface area contributed by atoms with Crippen LogP contribution in [0.25, 0.3) is 0 Å². The zero-order valence-electron chi connectivity index (χ0n) is 17.6. The summed E-state index contributed by atoms with van der Waals surface area (Å²) in [6.45, 7) is 8.26. The van der Waals surface area contributed by atoms with Crippen LogP contribution in [0.3, 0.4) is 0 Å². The van der Waals surface area contributed by atoms with Crippen LogP contribution in [-0.2, 0) is 11.3 Å². The summed E-state index contributed by atoms with van der Waals surface area (Å²) in [6.07, 6.45) is 4.63. The highest BCUT2D eigenvalue weighted by molar-refractivity contribution is 5.85. The standard InChI is InChI=1S/C22H36N4O.2ClH/c1-25(17-19-5-3-2-4-6-19)16-13-24-22(27)21-9-14-26(15-10-21)18-20-7-11-23-12-8-20;;/h2-6,20-21,23H,7-18H2,1H3,(H,24,27);2*1H. The Morgan fingerprint density at radius 3 is 2.41 bits per heavy atom. The van der Waals surface area contributed by atoms with Gasteiger partial charge in [0.1, 0.15) is 0 Å². The monoisotopic (exact) mass is 444 g/mol. The Labute approximate surface area is 188 Å². The third kappa shape index (κ3) is 9.22. The molecule has 0 spiro atoms. The van der Waals surface area contributed by atoms with Crippen LogP contribution in [0.4, 0.5) is 0 Å². The van der Waals surface area contributed by atoms with Gasteiger partial charge in [-0.3, -0.25) is 4.79 Å². The molecule has 3 rings (SSSR count). The highest BCUT2D eigenvalue weighted by Crippen LogP contribution is 2.21. The second-order valence-corrected chi connectivity index (χ2v) is 8.28. The molecule has 1 aromatic rings. The molecule has 2 fully saturated rings. The van der Waals surface area contributed by atoms with Crippen molar-refractivity contribution >= 4 is 30.7 Å². The first kappa shape index (κ1) is 26.2. The Morgan fingerprint density at radius 2 is 1.76 bits per heavy atom. The SMILES string of the molecule is CN(CCNC(=O)C1CCN(CC2CCNCC2)CC1)Cc1ccccc1.Cl.Cl. The minimum Gasteiger partial charge on any atom is -0.355 e. The van der Waals surface area contributed by atoms with Crippen LogP contribution in [0.1, 0.15) is 31.2 Å². The first-order valence-corrected chi connectivity index (χ1v) is 10.6. The van der Waals surface area contributed by atoms with E-state index in [4.69, 9.17) is 0 Å². The summed E-state index contributed by atoms with van der Waals surface area (Å²) in [5.74, 6) is 1.30. The number of benzene rings is 1. The molecule has 0 bridgehead atoms. The fourth-order valence-corrected chi connectivity index (χ4v) is 4.30. The summed E-state index contributed by atoms with van der Waals surface area (Å²) < 4.78 is 0. The second-order valence-electron chi connectivity index (χ2n) is 8.28. The van der Waals surface area contributed by atoms with Gasteiger partial charge < -0.3 is 20.4 Å².